The molecule has 124 valence electrons. The van der Waals surface area contributed by atoms with Gasteiger partial charge < -0.3 is 14.8 Å². The predicted octanol–water partition coefficient (Wildman–Crippen LogP) is 3.07. The number of pyridine rings is 1. The van der Waals surface area contributed by atoms with Crippen LogP contribution in [0.15, 0.2) is 41.6 Å². The van der Waals surface area contributed by atoms with Crippen molar-refractivity contribution in [3.8, 4) is 0 Å². The number of para-hydroxylation sites is 1. The quantitative estimate of drug-likeness (QED) is 0.519. The summed E-state index contributed by atoms with van der Waals surface area (Å²) in [5, 5.41) is 4.04. The summed E-state index contributed by atoms with van der Waals surface area (Å²) in [5.41, 5.74) is 2.55. The topological polar surface area (TPSA) is 77.5 Å². The molecule has 0 unspecified atom stereocenters. The molecular formula is C18H18N2O4. The number of allylic oxidation sites excluding steroid dienone is 1. The number of carbonyl (C=O) groups is 2. The molecule has 0 radical (unpaired) electrons. The van der Waals surface area contributed by atoms with Crippen molar-refractivity contribution >= 4 is 28.5 Å². The number of aryl methyl sites for hydroxylation is 1. The Morgan fingerprint density at radius 1 is 1.08 bits per heavy atom. The first-order valence-corrected chi connectivity index (χ1v) is 7.58. The van der Waals surface area contributed by atoms with Crippen molar-refractivity contribution in [3.63, 3.8) is 0 Å². The van der Waals surface area contributed by atoms with Gasteiger partial charge in [-0.3, -0.25) is 4.98 Å². The summed E-state index contributed by atoms with van der Waals surface area (Å²) in [4.78, 5) is 28.8. The molecule has 0 spiro atoms. The van der Waals surface area contributed by atoms with Gasteiger partial charge in [-0.15, -0.1) is 0 Å². The Labute approximate surface area is 139 Å². The molecule has 1 aliphatic rings. The molecule has 1 N–H and O–H groups in total. The maximum atomic E-state index is 12.1. The molecule has 0 amide bonds. The fourth-order valence-corrected chi connectivity index (χ4v) is 2.57. The molecule has 24 heavy (non-hydrogen) atoms. The van der Waals surface area contributed by atoms with Gasteiger partial charge in [-0.05, 0) is 26.0 Å². The van der Waals surface area contributed by atoms with Crippen molar-refractivity contribution < 1.29 is 19.1 Å². The number of carbonyl (C=O) groups excluding carboxylic acids is 2. The molecule has 2 aromatic rings. The van der Waals surface area contributed by atoms with Crippen LogP contribution in [0.2, 0.25) is 0 Å². The van der Waals surface area contributed by atoms with Crippen molar-refractivity contribution in [3.05, 3.63) is 47.3 Å². The fourth-order valence-electron chi connectivity index (χ4n) is 2.57. The minimum atomic E-state index is -1.25. The molecule has 1 aromatic carbocycles. The number of fused-ring (bicyclic) bond motifs is 1. The Morgan fingerprint density at radius 3 is 2.42 bits per heavy atom. The molecule has 1 aliphatic heterocycles. The molecule has 1 fully saturated rings. The molecule has 6 heteroatoms. The van der Waals surface area contributed by atoms with Crippen LogP contribution in [-0.2, 0) is 19.1 Å². The first-order chi connectivity index (χ1) is 11.3. The number of rotatable bonds is 2. The SMILES string of the molecule is CC(Nc1cccc2ccc(C)nc12)=C1C(=O)OC(C)(C)OC1=O. The monoisotopic (exact) mass is 326 g/mol. The lowest BCUT2D eigenvalue weighted by molar-refractivity contribution is -0.222. The maximum absolute atomic E-state index is 12.1. The first kappa shape index (κ1) is 16.0. The molecule has 1 saturated heterocycles. The van der Waals surface area contributed by atoms with Gasteiger partial charge in [0.15, 0.2) is 5.57 Å². The number of cyclic esters (lactones) is 2. The number of aromatic nitrogens is 1. The Morgan fingerprint density at radius 2 is 1.75 bits per heavy atom. The summed E-state index contributed by atoms with van der Waals surface area (Å²) in [6, 6.07) is 9.55. The van der Waals surface area contributed by atoms with Crippen molar-refractivity contribution in [2.75, 3.05) is 5.32 Å². The molecule has 2 heterocycles. The van der Waals surface area contributed by atoms with Crippen LogP contribution < -0.4 is 5.32 Å². The second kappa shape index (κ2) is 5.63. The highest BCUT2D eigenvalue weighted by atomic mass is 16.7. The fraction of sp³-hybridized carbons (Fsp3) is 0.278. The van der Waals surface area contributed by atoms with Gasteiger partial charge in [0.05, 0.1) is 11.2 Å². The Hall–Kier alpha value is -2.89. The van der Waals surface area contributed by atoms with Gasteiger partial charge in [-0.1, -0.05) is 18.2 Å². The number of nitrogens with zero attached hydrogens (tertiary/aromatic N) is 1. The van der Waals surface area contributed by atoms with E-state index in [2.05, 4.69) is 10.3 Å². The van der Waals surface area contributed by atoms with E-state index < -0.39 is 17.7 Å². The van der Waals surface area contributed by atoms with Crippen LogP contribution in [0.1, 0.15) is 26.5 Å². The van der Waals surface area contributed by atoms with Crippen molar-refractivity contribution in [1.29, 1.82) is 0 Å². The van der Waals surface area contributed by atoms with E-state index in [1.54, 1.807) is 6.92 Å². The van der Waals surface area contributed by atoms with E-state index in [1.807, 2.05) is 37.3 Å². The van der Waals surface area contributed by atoms with Crippen LogP contribution in [-0.4, -0.2) is 22.7 Å². The minimum absolute atomic E-state index is 0.140. The number of benzene rings is 1. The molecule has 6 nitrogen and oxygen atoms in total. The lowest BCUT2D eigenvalue weighted by atomic mass is 10.1. The average molecular weight is 326 g/mol. The number of ether oxygens (including phenoxy) is 2. The summed E-state index contributed by atoms with van der Waals surface area (Å²) in [6.07, 6.45) is 0. The maximum Gasteiger partial charge on any atom is 0.350 e. The number of esters is 2. The van der Waals surface area contributed by atoms with E-state index in [-0.39, 0.29) is 5.57 Å². The summed E-state index contributed by atoms with van der Waals surface area (Å²) in [6.45, 7) is 6.56. The largest absolute Gasteiger partial charge is 0.419 e. The second-order valence-electron chi connectivity index (χ2n) is 6.13. The zero-order valence-corrected chi connectivity index (χ0v) is 14.0. The first-order valence-electron chi connectivity index (χ1n) is 7.58. The van der Waals surface area contributed by atoms with Gasteiger partial charge >= 0.3 is 11.9 Å². The van der Waals surface area contributed by atoms with Crippen LogP contribution in [0, 0.1) is 6.92 Å². The van der Waals surface area contributed by atoms with E-state index in [9.17, 15) is 9.59 Å². The lowest BCUT2D eigenvalue weighted by Crippen LogP contribution is -2.42. The number of nitrogens with one attached hydrogen (secondary N) is 1. The minimum Gasteiger partial charge on any atom is -0.419 e. The van der Waals surface area contributed by atoms with E-state index >= 15 is 0 Å². The highest BCUT2D eigenvalue weighted by Gasteiger charge is 2.40. The van der Waals surface area contributed by atoms with Gasteiger partial charge in [0.25, 0.3) is 5.79 Å². The third-order valence-electron chi connectivity index (χ3n) is 3.64. The number of hydrogen-bond donors (Lipinski definition) is 1. The van der Waals surface area contributed by atoms with E-state index in [1.165, 1.54) is 13.8 Å². The van der Waals surface area contributed by atoms with Gasteiger partial charge in [0.1, 0.15) is 0 Å². The van der Waals surface area contributed by atoms with E-state index in [4.69, 9.17) is 9.47 Å². The summed E-state index contributed by atoms with van der Waals surface area (Å²) < 4.78 is 10.3. The highest BCUT2D eigenvalue weighted by Crippen LogP contribution is 2.27. The standard InChI is InChI=1S/C18H18N2O4/c1-10-8-9-12-6-5-7-13(15(12)19-10)20-11(2)14-16(21)23-18(3,4)24-17(14)22/h5-9,20H,1-4H3. The summed E-state index contributed by atoms with van der Waals surface area (Å²) in [7, 11) is 0. The van der Waals surface area contributed by atoms with Gasteiger partial charge in [-0.2, -0.15) is 0 Å². The van der Waals surface area contributed by atoms with Gasteiger partial charge in [-0.25, -0.2) is 9.59 Å². The van der Waals surface area contributed by atoms with Crippen molar-refractivity contribution in [2.45, 2.75) is 33.5 Å². The van der Waals surface area contributed by atoms with Gasteiger partial charge in [0, 0.05) is 30.6 Å². The van der Waals surface area contributed by atoms with Crippen LogP contribution in [0.3, 0.4) is 0 Å². The lowest BCUT2D eigenvalue weighted by Gasteiger charge is -2.30. The molecule has 0 aliphatic carbocycles. The number of anilines is 1. The van der Waals surface area contributed by atoms with Crippen molar-refractivity contribution in [1.82, 2.24) is 4.98 Å². The van der Waals surface area contributed by atoms with E-state index in [0.717, 1.165) is 16.6 Å². The van der Waals surface area contributed by atoms with Crippen LogP contribution in [0.4, 0.5) is 5.69 Å². The Bertz CT molecular complexity index is 862. The van der Waals surface area contributed by atoms with Crippen LogP contribution in [0.5, 0.6) is 0 Å². The van der Waals surface area contributed by atoms with Crippen LogP contribution in [0.25, 0.3) is 10.9 Å². The predicted molar refractivity (Wildman–Crippen MR) is 89.1 cm³/mol. The highest BCUT2D eigenvalue weighted by molar-refractivity contribution is 6.16. The Balaban J connectivity index is 2.01. The molecule has 1 aromatic heterocycles. The van der Waals surface area contributed by atoms with Crippen molar-refractivity contribution in [2.24, 2.45) is 0 Å². The zero-order chi connectivity index (χ0) is 17.5. The zero-order valence-electron chi connectivity index (χ0n) is 14.0. The van der Waals surface area contributed by atoms with Crippen LogP contribution >= 0.6 is 0 Å². The third kappa shape index (κ3) is 2.95. The summed E-state index contributed by atoms with van der Waals surface area (Å²) in [5.74, 6) is -2.66. The smallest absolute Gasteiger partial charge is 0.350 e. The second-order valence-corrected chi connectivity index (χ2v) is 6.13. The third-order valence-corrected chi connectivity index (χ3v) is 3.64. The molecule has 0 atom stereocenters. The normalized spacial score (nSPS) is 16.6. The summed E-state index contributed by atoms with van der Waals surface area (Å²) >= 11 is 0. The van der Waals surface area contributed by atoms with E-state index in [0.29, 0.717) is 11.4 Å². The Kier molecular flexibility index (Phi) is 3.75. The molecule has 0 saturated carbocycles. The number of hydrogen-bond acceptors (Lipinski definition) is 6. The van der Waals surface area contributed by atoms with Gasteiger partial charge in [0.2, 0.25) is 0 Å². The molecule has 0 bridgehead atoms. The molecular weight excluding hydrogens is 308 g/mol. The average Bonchev–Trinajstić information content (AvgIpc) is 2.45. The molecule has 3 rings (SSSR count).